The van der Waals surface area contributed by atoms with Gasteiger partial charge in [-0.1, -0.05) is 36.4 Å². The first-order valence-corrected chi connectivity index (χ1v) is 6.61. The molecule has 1 aromatic heterocycles. The van der Waals surface area contributed by atoms with E-state index in [1.807, 2.05) is 42.5 Å². The topological polar surface area (TPSA) is 51.7 Å². The van der Waals surface area contributed by atoms with Gasteiger partial charge in [-0.2, -0.15) is 4.98 Å². The summed E-state index contributed by atoms with van der Waals surface area (Å²) in [6, 6.07) is 15.3. The first kappa shape index (κ1) is 14.8. The van der Waals surface area contributed by atoms with Gasteiger partial charge in [0.05, 0.1) is 7.11 Å². The van der Waals surface area contributed by atoms with E-state index in [9.17, 15) is 4.79 Å². The van der Waals surface area contributed by atoms with Crippen LogP contribution in [0.5, 0.6) is 5.88 Å². The average Bonchev–Trinajstić information content (AvgIpc) is 2.54. The maximum atomic E-state index is 11.3. The Morgan fingerprint density at radius 3 is 2.62 bits per heavy atom. The number of rotatable bonds is 6. The van der Waals surface area contributed by atoms with E-state index in [0.717, 1.165) is 5.56 Å². The number of anilines is 1. The van der Waals surface area contributed by atoms with Crippen molar-refractivity contribution >= 4 is 11.8 Å². The lowest BCUT2D eigenvalue weighted by molar-refractivity contribution is -0.138. The van der Waals surface area contributed by atoms with E-state index in [1.54, 1.807) is 18.0 Å². The van der Waals surface area contributed by atoms with E-state index >= 15 is 0 Å². The fourth-order valence-electron chi connectivity index (χ4n) is 1.77. The van der Waals surface area contributed by atoms with E-state index in [2.05, 4.69) is 9.72 Å². The van der Waals surface area contributed by atoms with E-state index in [1.165, 1.54) is 7.11 Å². The summed E-state index contributed by atoms with van der Waals surface area (Å²) in [5.74, 6) is 0.869. The van der Waals surface area contributed by atoms with Crippen LogP contribution in [0.1, 0.15) is 5.56 Å². The molecule has 0 atom stereocenters. The normalized spacial score (nSPS) is 10.0. The van der Waals surface area contributed by atoms with Crippen LogP contribution >= 0.6 is 0 Å². The van der Waals surface area contributed by atoms with Crippen molar-refractivity contribution in [2.45, 2.75) is 6.61 Å². The van der Waals surface area contributed by atoms with E-state index < -0.39 is 0 Å². The van der Waals surface area contributed by atoms with Crippen LogP contribution in [0, 0.1) is 0 Å². The largest absolute Gasteiger partial charge is 0.473 e. The van der Waals surface area contributed by atoms with Crippen molar-refractivity contribution in [3.8, 4) is 5.88 Å². The number of ether oxygens (including phenoxy) is 2. The highest BCUT2D eigenvalue weighted by molar-refractivity contribution is 5.75. The third-order valence-electron chi connectivity index (χ3n) is 2.92. The zero-order valence-electron chi connectivity index (χ0n) is 12.2. The number of aromatic nitrogens is 1. The summed E-state index contributed by atoms with van der Waals surface area (Å²) in [5.41, 5.74) is 1.08. The lowest BCUT2D eigenvalue weighted by Crippen LogP contribution is -2.27. The fraction of sp³-hybridized carbons (Fsp3) is 0.250. The first-order valence-electron chi connectivity index (χ1n) is 6.61. The lowest BCUT2D eigenvalue weighted by Gasteiger charge is -2.17. The number of carbonyl (C=O) groups excluding carboxylic acids is 1. The van der Waals surface area contributed by atoms with Crippen molar-refractivity contribution in [3.63, 3.8) is 0 Å². The Morgan fingerprint density at radius 2 is 1.90 bits per heavy atom. The summed E-state index contributed by atoms with van der Waals surface area (Å²) in [6.07, 6.45) is 0. The maximum Gasteiger partial charge on any atom is 0.325 e. The van der Waals surface area contributed by atoms with Crippen LogP contribution in [0.15, 0.2) is 48.5 Å². The van der Waals surface area contributed by atoms with Crippen LogP contribution in [-0.4, -0.2) is 31.7 Å². The highest BCUT2D eigenvalue weighted by Crippen LogP contribution is 2.16. The second kappa shape index (κ2) is 7.28. The predicted octanol–water partition coefficient (Wildman–Crippen LogP) is 2.27. The zero-order valence-corrected chi connectivity index (χ0v) is 12.2. The molecule has 1 heterocycles. The molecule has 0 radical (unpaired) electrons. The zero-order chi connectivity index (χ0) is 15.1. The Morgan fingerprint density at radius 1 is 1.14 bits per heavy atom. The number of nitrogens with zero attached hydrogens (tertiary/aromatic N) is 2. The van der Waals surface area contributed by atoms with Crippen molar-refractivity contribution in [3.05, 3.63) is 54.1 Å². The fourth-order valence-corrected chi connectivity index (χ4v) is 1.77. The SMILES string of the molecule is COC(=O)CN(C)c1cccc(OCc2ccccc2)n1. The molecule has 0 saturated heterocycles. The first-order chi connectivity index (χ1) is 10.2. The monoisotopic (exact) mass is 286 g/mol. The molecule has 0 saturated carbocycles. The van der Waals surface area contributed by atoms with Gasteiger partial charge < -0.3 is 14.4 Å². The van der Waals surface area contributed by atoms with Gasteiger partial charge >= 0.3 is 5.97 Å². The van der Waals surface area contributed by atoms with Gasteiger partial charge in [-0.15, -0.1) is 0 Å². The Bertz CT molecular complexity index is 587. The van der Waals surface area contributed by atoms with Gasteiger partial charge in [-0.25, -0.2) is 0 Å². The summed E-state index contributed by atoms with van der Waals surface area (Å²) in [5, 5.41) is 0. The third-order valence-corrected chi connectivity index (χ3v) is 2.92. The molecule has 5 nitrogen and oxygen atoms in total. The molecule has 0 N–H and O–H groups in total. The second-order valence-corrected chi connectivity index (χ2v) is 4.54. The quantitative estimate of drug-likeness (QED) is 0.762. The number of hydrogen-bond donors (Lipinski definition) is 0. The Kier molecular flexibility index (Phi) is 5.15. The van der Waals surface area contributed by atoms with Crippen LogP contribution < -0.4 is 9.64 Å². The summed E-state index contributed by atoms with van der Waals surface area (Å²) in [4.78, 5) is 17.3. The molecule has 0 amide bonds. The van der Waals surface area contributed by atoms with Gasteiger partial charge in [0.25, 0.3) is 0 Å². The molecule has 0 spiro atoms. The Balaban J connectivity index is 1.99. The molecule has 0 unspecified atom stereocenters. The van der Waals surface area contributed by atoms with Crippen LogP contribution in [0.4, 0.5) is 5.82 Å². The molecule has 0 fully saturated rings. The number of methoxy groups -OCH3 is 1. The standard InChI is InChI=1S/C16H18N2O3/c1-18(11-16(19)20-2)14-9-6-10-15(17-14)21-12-13-7-4-3-5-8-13/h3-10H,11-12H2,1-2H3. The molecule has 1 aromatic carbocycles. The molecular formula is C16H18N2O3. The average molecular weight is 286 g/mol. The van der Waals surface area contributed by atoms with Crippen LogP contribution in [0.25, 0.3) is 0 Å². The Hall–Kier alpha value is -2.56. The Labute approximate surface area is 124 Å². The maximum absolute atomic E-state index is 11.3. The molecule has 0 bridgehead atoms. The minimum absolute atomic E-state index is 0.144. The molecule has 2 rings (SSSR count). The van der Waals surface area contributed by atoms with Crippen molar-refractivity contribution in [2.75, 3.05) is 25.6 Å². The molecule has 110 valence electrons. The minimum Gasteiger partial charge on any atom is -0.473 e. The van der Waals surface area contributed by atoms with Crippen molar-refractivity contribution < 1.29 is 14.3 Å². The molecular weight excluding hydrogens is 268 g/mol. The van der Waals surface area contributed by atoms with Crippen LogP contribution in [0.2, 0.25) is 0 Å². The number of carbonyl (C=O) groups is 1. The summed E-state index contributed by atoms with van der Waals surface area (Å²) >= 11 is 0. The van der Waals surface area contributed by atoms with E-state index in [-0.39, 0.29) is 12.5 Å². The van der Waals surface area contributed by atoms with Crippen molar-refractivity contribution in [1.29, 1.82) is 0 Å². The van der Waals surface area contributed by atoms with Crippen molar-refractivity contribution in [1.82, 2.24) is 4.98 Å². The molecule has 5 heteroatoms. The van der Waals surface area contributed by atoms with E-state index in [0.29, 0.717) is 18.3 Å². The van der Waals surface area contributed by atoms with Gasteiger partial charge in [0.15, 0.2) is 0 Å². The van der Waals surface area contributed by atoms with Crippen LogP contribution in [-0.2, 0) is 16.1 Å². The van der Waals surface area contributed by atoms with Gasteiger partial charge in [-0.05, 0) is 11.6 Å². The highest BCUT2D eigenvalue weighted by atomic mass is 16.5. The molecule has 0 aliphatic heterocycles. The second-order valence-electron chi connectivity index (χ2n) is 4.54. The number of likely N-dealkylation sites (N-methyl/N-ethyl adjacent to an activating group) is 1. The van der Waals surface area contributed by atoms with Gasteiger partial charge in [0, 0.05) is 13.1 Å². The van der Waals surface area contributed by atoms with Crippen LogP contribution in [0.3, 0.4) is 0 Å². The number of benzene rings is 1. The number of esters is 1. The summed E-state index contributed by atoms with van der Waals surface area (Å²) in [7, 11) is 3.14. The number of hydrogen-bond acceptors (Lipinski definition) is 5. The van der Waals surface area contributed by atoms with E-state index in [4.69, 9.17) is 4.74 Å². The predicted molar refractivity (Wildman–Crippen MR) is 80.3 cm³/mol. The minimum atomic E-state index is -0.310. The van der Waals surface area contributed by atoms with Gasteiger partial charge in [-0.3, -0.25) is 4.79 Å². The molecule has 21 heavy (non-hydrogen) atoms. The number of pyridine rings is 1. The smallest absolute Gasteiger partial charge is 0.325 e. The summed E-state index contributed by atoms with van der Waals surface area (Å²) in [6.45, 7) is 0.601. The molecule has 0 aliphatic carbocycles. The van der Waals surface area contributed by atoms with Gasteiger partial charge in [0.1, 0.15) is 19.0 Å². The van der Waals surface area contributed by atoms with Gasteiger partial charge in [0.2, 0.25) is 5.88 Å². The summed E-state index contributed by atoms with van der Waals surface area (Å²) < 4.78 is 10.3. The highest BCUT2D eigenvalue weighted by Gasteiger charge is 2.09. The third kappa shape index (κ3) is 4.49. The molecule has 0 aliphatic rings. The lowest BCUT2D eigenvalue weighted by atomic mass is 10.2. The van der Waals surface area contributed by atoms with Crippen molar-refractivity contribution in [2.24, 2.45) is 0 Å². The molecule has 2 aromatic rings.